The zero-order valence-electron chi connectivity index (χ0n) is 10.1. The summed E-state index contributed by atoms with van der Waals surface area (Å²) in [6, 6.07) is 1.83. The van der Waals surface area contributed by atoms with Crippen molar-refractivity contribution in [3.8, 4) is 0 Å². The van der Waals surface area contributed by atoms with Crippen LogP contribution in [-0.2, 0) is 0 Å². The van der Waals surface area contributed by atoms with Gasteiger partial charge in [0.15, 0.2) is 0 Å². The molecular formula is C10H21N3O5. The van der Waals surface area contributed by atoms with E-state index in [2.05, 4.69) is 15.5 Å². The third-order valence-electron chi connectivity index (χ3n) is 2.14. The van der Waals surface area contributed by atoms with Gasteiger partial charge in [0.1, 0.15) is 18.3 Å². The Morgan fingerprint density at radius 3 is 2.11 bits per heavy atom. The van der Waals surface area contributed by atoms with Gasteiger partial charge in [-0.25, -0.2) is 0 Å². The number of hydrogen-bond donors (Lipinski definition) is 7. The van der Waals surface area contributed by atoms with E-state index in [1.807, 2.05) is 6.07 Å². The first kappa shape index (κ1) is 17.0. The molecule has 1 aromatic rings. The van der Waals surface area contributed by atoms with E-state index in [4.69, 9.17) is 20.4 Å². The third kappa shape index (κ3) is 6.64. The van der Waals surface area contributed by atoms with Crippen molar-refractivity contribution in [2.24, 2.45) is 0 Å². The van der Waals surface area contributed by atoms with Crippen LogP contribution >= 0.6 is 0 Å². The maximum Gasteiger partial charge on any atom is 0.111 e. The van der Waals surface area contributed by atoms with E-state index in [0.29, 0.717) is 0 Å². The Bertz CT molecular complexity index is 255. The fraction of sp³-hybridized carbons (Fsp3) is 0.700. The highest BCUT2D eigenvalue weighted by atomic mass is 16.4. The molecule has 106 valence electrons. The fourth-order valence-electron chi connectivity index (χ4n) is 1.11. The van der Waals surface area contributed by atoms with Gasteiger partial charge >= 0.3 is 0 Å². The Hall–Kier alpha value is -1.03. The second-order valence-corrected chi connectivity index (χ2v) is 3.62. The van der Waals surface area contributed by atoms with Gasteiger partial charge in [-0.2, -0.15) is 5.10 Å². The quantitative estimate of drug-likeness (QED) is 0.291. The van der Waals surface area contributed by atoms with E-state index in [9.17, 15) is 5.11 Å². The van der Waals surface area contributed by atoms with Crippen LogP contribution in [0.2, 0.25) is 0 Å². The minimum atomic E-state index is -1.55. The lowest BCUT2D eigenvalue weighted by Gasteiger charge is -2.25. The Balaban J connectivity index is 0.000000473. The van der Waals surface area contributed by atoms with Gasteiger partial charge in [0, 0.05) is 18.9 Å². The van der Waals surface area contributed by atoms with Gasteiger partial charge in [0.2, 0.25) is 0 Å². The molecule has 0 fully saturated rings. The van der Waals surface area contributed by atoms with Crippen LogP contribution in [0.5, 0.6) is 0 Å². The molecule has 8 heteroatoms. The number of aromatic amines is 1. The van der Waals surface area contributed by atoms with E-state index in [-0.39, 0.29) is 6.54 Å². The number of aliphatic hydroxyl groups excluding tert-OH is 5. The summed E-state index contributed by atoms with van der Waals surface area (Å²) in [6.45, 7) is -0.569. The number of aliphatic hydroxyl groups is 5. The number of rotatable bonds is 6. The number of H-pyrrole nitrogens is 1. The summed E-state index contributed by atoms with van der Waals surface area (Å²) in [4.78, 5) is 0. The molecule has 0 unspecified atom stereocenters. The van der Waals surface area contributed by atoms with Gasteiger partial charge in [-0.1, -0.05) is 0 Å². The monoisotopic (exact) mass is 263 g/mol. The summed E-state index contributed by atoms with van der Waals surface area (Å²) in [5.41, 5.74) is 0. The predicted molar refractivity (Wildman–Crippen MR) is 63.6 cm³/mol. The second-order valence-electron chi connectivity index (χ2n) is 3.62. The van der Waals surface area contributed by atoms with Gasteiger partial charge in [-0.15, -0.1) is 0 Å². The molecule has 0 spiro atoms. The van der Waals surface area contributed by atoms with Crippen LogP contribution in [0.3, 0.4) is 0 Å². The first-order valence-electron chi connectivity index (χ1n) is 5.46. The summed E-state index contributed by atoms with van der Waals surface area (Å²) in [5, 5.41) is 53.7. The maximum atomic E-state index is 9.21. The third-order valence-corrected chi connectivity index (χ3v) is 2.14. The lowest BCUT2D eigenvalue weighted by molar-refractivity contribution is -0.113. The molecule has 8 nitrogen and oxygen atoms in total. The van der Waals surface area contributed by atoms with Crippen molar-refractivity contribution in [3.05, 3.63) is 18.5 Å². The number of nitrogens with zero attached hydrogens (tertiary/aromatic N) is 1. The molecule has 1 aromatic heterocycles. The van der Waals surface area contributed by atoms with E-state index in [0.717, 1.165) is 0 Å². The Morgan fingerprint density at radius 2 is 1.78 bits per heavy atom. The standard InChI is InChI=1S/C7H17NO5.C3H4N2/c1-8-2-4(10)6(12)7(13)5(11)3-9;1-2-4-5-3-1/h4-13H,2-3H2,1H3;1-3H,(H,4,5)/t4-,5+,6+,7+;/m0./s1. The van der Waals surface area contributed by atoms with Crippen molar-refractivity contribution in [2.45, 2.75) is 24.4 Å². The highest BCUT2D eigenvalue weighted by Gasteiger charge is 2.29. The molecule has 7 N–H and O–H groups in total. The molecule has 0 bridgehead atoms. The summed E-state index contributed by atoms with van der Waals surface area (Å²) in [7, 11) is 1.57. The zero-order valence-corrected chi connectivity index (χ0v) is 10.1. The normalized spacial score (nSPS) is 17.2. The van der Waals surface area contributed by atoms with Crippen LogP contribution in [0.15, 0.2) is 18.5 Å². The average molecular weight is 263 g/mol. The first-order valence-corrected chi connectivity index (χ1v) is 5.46. The molecule has 0 aromatic carbocycles. The summed E-state index contributed by atoms with van der Waals surface area (Å²) in [6.07, 6.45) is -2.19. The summed E-state index contributed by atoms with van der Waals surface area (Å²) in [5.74, 6) is 0. The lowest BCUT2D eigenvalue weighted by atomic mass is 10.0. The largest absolute Gasteiger partial charge is 0.394 e. The van der Waals surface area contributed by atoms with Crippen molar-refractivity contribution in [2.75, 3.05) is 20.2 Å². The molecule has 1 rings (SSSR count). The molecule has 18 heavy (non-hydrogen) atoms. The van der Waals surface area contributed by atoms with Crippen molar-refractivity contribution < 1.29 is 25.5 Å². The number of likely N-dealkylation sites (N-methyl/N-ethyl adjacent to an activating group) is 1. The first-order chi connectivity index (χ1) is 8.54. The van der Waals surface area contributed by atoms with Crippen LogP contribution in [0.25, 0.3) is 0 Å². The van der Waals surface area contributed by atoms with E-state index in [1.165, 1.54) is 0 Å². The molecule has 0 aliphatic rings. The van der Waals surface area contributed by atoms with Crippen molar-refractivity contribution in [1.29, 1.82) is 0 Å². The molecule has 0 radical (unpaired) electrons. The maximum absolute atomic E-state index is 9.21. The molecule has 0 saturated carbocycles. The molecule has 0 aliphatic carbocycles. The zero-order chi connectivity index (χ0) is 14.0. The minimum Gasteiger partial charge on any atom is -0.394 e. The Kier molecular flexibility index (Phi) is 9.38. The highest BCUT2D eigenvalue weighted by Crippen LogP contribution is 2.04. The van der Waals surface area contributed by atoms with E-state index >= 15 is 0 Å². The molecule has 1 heterocycles. The van der Waals surface area contributed by atoms with Crippen molar-refractivity contribution in [3.63, 3.8) is 0 Å². The Morgan fingerprint density at radius 1 is 1.17 bits per heavy atom. The number of aromatic nitrogens is 2. The smallest absolute Gasteiger partial charge is 0.111 e. The van der Waals surface area contributed by atoms with Gasteiger partial charge in [-0.3, -0.25) is 5.10 Å². The fourth-order valence-corrected chi connectivity index (χ4v) is 1.11. The van der Waals surface area contributed by atoms with Gasteiger partial charge in [0.25, 0.3) is 0 Å². The van der Waals surface area contributed by atoms with E-state index < -0.39 is 31.0 Å². The number of hydrogen-bond acceptors (Lipinski definition) is 7. The van der Waals surface area contributed by atoms with Gasteiger partial charge < -0.3 is 30.8 Å². The van der Waals surface area contributed by atoms with E-state index in [1.54, 1.807) is 19.4 Å². The van der Waals surface area contributed by atoms with Crippen LogP contribution in [0.4, 0.5) is 0 Å². The Labute approximate surface area is 105 Å². The minimum absolute atomic E-state index is 0.0936. The molecule has 4 atom stereocenters. The molecule has 0 amide bonds. The number of nitrogens with one attached hydrogen (secondary N) is 2. The molecular weight excluding hydrogens is 242 g/mol. The van der Waals surface area contributed by atoms with Crippen LogP contribution in [0, 0.1) is 0 Å². The second kappa shape index (κ2) is 9.95. The topological polar surface area (TPSA) is 142 Å². The van der Waals surface area contributed by atoms with Crippen LogP contribution < -0.4 is 5.32 Å². The predicted octanol–water partition coefficient (Wildman–Crippen LogP) is -2.95. The average Bonchev–Trinajstić information content (AvgIpc) is 2.95. The lowest BCUT2D eigenvalue weighted by Crippen LogP contribution is -2.48. The summed E-state index contributed by atoms with van der Waals surface area (Å²) < 4.78 is 0. The van der Waals surface area contributed by atoms with Crippen molar-refractivity contribution in [1.82, 2.24) is 15.5 Å². The van der Waals surface area contributed by atoms with Gasteiger partial charge in [-0.05, 0) is 13.1 Å². The van der Waals surface area contributed by atoms with Crippen LogP contribution in [0.1, 0.15) is 0 Å². The SMILES string of the molecule is CNC[C@H](O)[C@@H](O)[C@H](O)[C@H](O)CO.c1cn[nH]c1. The molecule has 0 aliphatic heterocycles. The summed E-state index contributed by atoms with van der Waals surface area (Å²) >= 11 is 0. The van der Waals surface area contributed by atoms with Crippen LogP contribution in [-0.4, -0.2) is 80.3 Å². The van der Waals surface area contributed by atoms with Crippen molar-refractivity contribution >= 4 is 0 Å². The highest BCUT2D eigenvalue weighted by molar-refractivity contribution is 4.81. The van der Waals surface area contributed by atoms with Gasteiger partial charge in [0.05, 0.1) is 12.7 Å². The molecule has 0 saturated heterocycles.